The van der Waals surface area contributed by atoms with E-state index < -0.39 is 18.1 Å². The van der Waals surface area contributed by atoms with Crippen LogP contribution in [-0.4, -0.2) is 34.5 Å². The highest BCUT2D eigenvalue weighted by molar-refractivity contribution is 5.99. The number of urea groups is 1. The second-order valence-electron chi connectivity index (χ2n) is 5.53. The standard InChI is InChI=1S/C18H17FN2O2/c19-16-13-20(11-14-7-3-1-4-8-14)18(23)21(17(16)22)12-15-9-5-2-6-10-15/h1-10,16H,11-13H2. The van der Waals surface area contributed by atoms with Gasteiger partial charge in [0.15, 0.2) is 6.17 Å². The molecule has 2 aromatic rings. The summed E-state index contributed by atoms with van der Waals surface area (Å²) in [5, 5.41) is 0. The minimum Gasteiger partial charge on any atom is -0.316 e. The molecule has 4 nitrogen and oxygen atoms in total. The number of benzene rings is 2. The number of nitrogens with zero attached hydrogens (tertiary/aromatic N) is 2. The molecule has 3 amide bonds. The molecule has 0 saturated carbocycles. The molecular formula is C18H17FN2O2. The number of hydrogen-bond donors (Lipinski definition) is 0. The summed E-state index contributed by atoms with van der Waals surface area (Å²) >= 11 is 0. The summed E-state index contributed by atoms with van der Waals surface area (Å²) in [6.45, 7) is 0.181. The molecule has 3 rings (SSSR count). The SMILES string of the molecule is O=C1C(F)CN(Cc2ccccc2)C(=O)N1Cc1ccccc1. The number of halogens is 1. The molecule has 2 aromatic carbocycles. The van der Waals surface area contributed by atoms with E-state index >= 15 is 0 Å². The molecule has 0 radical (unpaired) electrons. The zero-order chi connectivity index (χ0) is 16.2. The minimum absolute atomic E-state index is 0.0875. The van der Waals surface area contributed by atoms with E-state index in [2.05, 4.69) is 0 Å². The molecule has 1 aliphatic heterocycles. The first-order chi connectivity index (χ1) is 11.1. The molecule has 1 unspecified atom stereocenters. The summed E-state index contributed by atoms with van der Waals surface area (Å²) < 4.78 is 14.1. The Hall–Kier alpha value is -2.69. The first-order valence-corrected chi connectivity index (χ1v) is 7.47. The van der Waals surface area contributed by atoms with Gasteiger partial charge in [-0.1, -0.05) is 60.7 Å². The van der Waals surface area contributed by atoms with Crippen LogP contribution >= 0.6 is 0 Å². The molecule has 0 bridgehead atoms. The predicted octanol–water partition coefficient (Wildman–Crippen LogP) is 2.99. The third-order valence-electron chi connectivity index (χ3n) is 3.82. The van der Waals surface area contributed by atoms with Gasteiger partial charge >= 0.3 is 6.03 Å². The zero-order valence-corrected chi connectivity index (χ0v) is 12.6. The van der Waals surface area contributed by atoms with Crippen LogP contribution in [0.4, 0.5) is 9.18 Å². The quantitative estimate of drug-likeness (QED) is 0.871. The van der Waals surface area contributed by atoms with Crippen molar-refractivity contribution in [1.82, 2.24) is 9.80 Å². The van der Waals surface area contributed by atoms with E-state index in [0.717, 1.165) is 16.0 Å². The summed E-state index contributed by atoms with van der Waals surface area (Å²) in [6, 6.07) is 18.0. The normalized spacial score (nSPS) is 18.4. The van der Waals surface area contributed by atoms with Crippen LogP contribution in [-0.2, 0) is 17.9 Å². The van der Waals surface area contributed by atoms with E-state index in [-0.39, 0.29) is 13.1 Å². The summed E-state index contributed by atoms with van der Waals surface area (Å²) in [5.41, 5.74) is 1.70. The molecule has 0 aromatic heterocycles. The van der Waals surface area contributed by atoms with Crippen molar-refractivity contribution in [2.45, 2.75) is 19.3 Å². The lowest BCUT2D eigenvalue weighted by molar-refractivity contribution is -0.138. The van der Waals surface area contributed by atoms with Crippen LogP contribution in [0.15, 0.2) is 60.7 Å². The molecule has 0 spiro atoms. The van der Waals surface area contributed by atoms with Crippen molar-refractivity contribution in [2.75, 3.05) is 6.54 Å². The molecule has 1 aliphatic rings. The van der Waals surface area contributed by atoms with Gasteiger partial charge in [-0.3, -0.25) is 9.69 Å². The van der Waals surface area contributed by atoms with Crippen molar-refractivity contribution >= 4 is 11.9 Å². The van der Waals surface area contributed by atoms with Crippen molar-refractivity contribution in [3.8, 4) is 0 Å². The number of imide groups is 1. The topological polar surface area (TPSA) is 40.6 Å². The smallest absolute Gasteiger partial charge is 0.316 e. The molecule has 1 saturated heterocycles. The third-order valence-corrected chi connectivity index (χ3v) is 3.82. The van der Waals surface area contributed by atoms with Crippen LogP contribution in [0.2, 0.25) is 0 Å². The van der Waals surface area contributed by atoms with E-state index in [9.17, 15) is 14.0 Å². The number of hydrogen-bond acceptors (Lipinski definition) is 2. The number of carbonyl (C=O) groups excluding carboxylic acids is 2. The Bertz CT molecular complexity index is 691. The number of carbonyl (C=O) groups is 2. The monoisotopic (exact) mass is 312 g/mol. The van der Waals surface area contributed by atoms with Gasteiger partial charge in [-0.2, -0.15) is 0 Å². The second-order valence-corrected chi connectivity index (χ2v) is 5.53. The van der Waals surface area contributed by atoms with Crippen molar-refractivity contribution in [3.05, 3.63) is 71.8 Å². The molecule has 0 N–H and O–H groups in total. The lowest BCUT2D eigenvalue weighted by Crippen LogP contribution is -2.56. The molecule has 1 atom stereocenters. The molecule has 118 valence electrons. The van der Waals surface area contributed by atoms with Gasteiger partial charge in [0.1, 0.15) is 0 Å². The highest BCUT2D eigenvalue weighted by atomic mass is 19.1. The highest BCUT2D eigenvalue weighted by Gasteiger charge is 2.39. The fourth-order valence-corrected chi connectivity index (χ4v) is 2.63. The van der Waals surface area contributed by atoms with Crippen molar-refractivity contribution in [2.24, 2.45) is 0 Å². The Labute approximate surface area is 134 Å². The van der Waals surface area contributed by atoms with E-state index in [1.807, 2.05) is 60.7 Å². The number of alkyl halides is 1. The molecule has 23 heavy (non-hydrogen) atoms. The van der Waals surface area contributed by atoms with Gasteiger partial charge in [0.25, 0.3) is 5.91 Å². The van der Waals surface area contributed by atoms with Gasteiger partial charge in [0, 0.05) is 6.54 Å². The summed E-state index contributed by atoms with van der Waals surface area (Å²) in [6.07, 6.45) is -1.68. The van der Waals surface area contributed by atoms with E-state index in [4.69, 9.17) is 0 Å². The van der Waals surface area contributed by atoms with Crippen LogP contribution < -0.4 is 0 Å². The molecule has 0 aliphatic carbocycles. The average molecular weight is 312 g/mol. The van der Waals surface area contributed by atoms with Gasteiger partial charge in [-0.15, -0.1) is 0 Å². The lowest BCUT2D eigenvalue weighted by Gasteiger charge is -2.36. The first kappa shape index (κ1) is 15.2. The van der Waals surface area contributed by atoms with Gasteiger partial charge in [-0.25, -0.2) is 9.18 Å². The maximum Gasteiger partial charge on any atom is 0.327 e. The fourth-order valence-electron chi connectivity index (χ4n) is 2.63. The zero-order valence-electron chi connectivity index (χ0n) is 12.6. The Morgan fingerprint density at radius 3 is 1.96 bits per heavy atom. The van der Waals surface area contributed by atoms with Gasteiger partial charge in [-0.05, 0) is 11.1 Å². The summed E-state index contributed by atoms with van der Waals surface area (Å²) in [5.74, 6) is -0.761. The van der Waals surface area contributed by atoms with E-state index in [1.165, 1.54) is 4.90 Å². The third kappa shape index (κ3) is 3.39. The van der Waals surface area contributed by atoms with Crippen LogP contribution in [0, 0.1) is 0 Å². The Morgan fingerprint density at radius 1 is 0.870 bits per heavy atom. The van der Waals surface area contributed by atoms with Crippen LogP contribution in [0.5, 0.6) is 0 Å². The second kappa shape index (κ2) is 6.60. The van der Waals surface area contributed by atoms with Gasteiger partial charge in [0.05, 0.1) is 13.1 Å². The maximum atomic E-state index is 14.1. The van der Waals surface area contributed by atoms with Crippen LogP contribution in [0.25, 0.3) is 0 Å². The van der Waals surface area contributed by atoms with Gasteiger partial charge in [0.2, 0.25) is 0 Å². The van der Waals surface area contributed by atoms with Crippen molar-refractivity contribution in [3.63, 3.8) is 0 Å². The average Bonchev–Trinajstić information content (AvgIpc) is 2.58. The fraction of sp³-hybridized carbons (Fsp3) is 0.222. The highest BCUT2D eigenvalue weighted by Crippen LogP contribution is 2.19. The lowest BCUT2D eigenvalue weighted by atomic mass is 10.1. The molecule has 5 heteroatoms. The van der Waals surface area contributed by atoms with Crippen LogP contribution in [0.3, 0.4) is 0 Å². The van der Waals surface area contributed by atoms with Gasteiger partial charge < -0.3 is 4.90 Å². The molecule has 1 fully saturated rings. The summed E-state index contributed by atoms with van der Waals surface area (Å²) in [7, 11) is 0. The Balaban J connectivity index is 1.78. The van der Waals surface area contributed by atoms with E-state index in [0.29, 0.717) is 6.54 Å². The predicted molar refractivity (Wildman–Crippen MR) is 84.1 cm³/mol. The maximum absolute atomic E-state index is 14.1. The number of amides is 3. The molecular weight excluding hydrogens is 295 g/mol. The van der Waals surface area contributed by atoms with Crippen LogP contribution in [0.1, 0.15) is 11.1 Å². The first-order valence-electron chi connectivity index (χ1n) is 7.47. The molecule has 1 heterocycles. The van der Waals surface area contributed by atoms with Crippen molar-refractivity contribution in [1.29, 1.82) is 0 Å². The summed E-state index contributed by atoms with van der Waals surface area (Å²) in [4.78, 5) is 27.0. The Kier molecular flexibility index (Phi) is 4.37. The largest absolute Gasteiger partial charge is 0.327 e. The van der Waals surface area contributed by atoms with Crippen molar-refractivity contribution < 1.29 is 14.0 Å². The van der Waals surface area contributed by atoms with E-state index in [1.54, 1.807) is 0 Å². The minimum atomic E-state index is -1.68. The Morgan fingerprint density at radius 2 is 1.39 bits per heavy atom. The number of rotatable bonds is 4.